The summed E-state index contributed by atoms with van der Waals surface area (Å²) in [6.45, 7) is 3.49. The lowest BCUT2D eigenvalue weighted by Crippen LogP contribution is -2.39. The van der Waals surface area contributed by atoms with Crippen LogP contribution in [0.5, 0.6) is 5.88 Å². The molecular weight excluding hydrogens is 578 g/mol. The summed E-state index contributed by atoms with van der Waals surface area (Å²) in [7, 11) is 0. The molecule has 230 valence electrons. The van der Waals surface area contributed by atoms with Crippen LogP contribution in [0.3, 0.4) is 0 Å². The molecule has 0 bridgehead atoms. The Labute approximate surface area is 251 Å². The average molecular weight is 610 g/mol. The van der Waals surface area contributed by atoms with Gasteiger partial charge in [0.15, 0.2) is 0 Å². The number of pyridine rings is 1. The Morgan fingerprint density at radius 1 is 1.05 bits per heavy atom. The van der Waals surface area contributed by atoms with Crippen molar-refractivity contribution in [2.45, 2.75) is 12.6 Å². The second-order valence-electron chi connectivity index (χ2n) is 10.1. The summed E-state index contributed by atoms with van der Waals surface area (Å²) < 4.78 is 67.1. The molecule has 1 saturated heterocycles. The highest BCUT2D eigenvalue weighted by Crippen LogP contribution is 2.40. The van der Waals surface area contributed by atoms with Gasteiger partial charge in [0.25, 0.3) is 0 Å². The molecule has 0 atom stereocenters. The molecule has 1 amide bonds. The predicted octanol–water partition coefficient (Wildman–Crippen LogP) is 5.39. The number of fused-ring (bicyclic) bond motifs is 1. The fourth-order valence-electron chi connectivity index (χ4n) is 4.90. The van der Waals surface area contributed by atoms with Crippen molar-refractivity contribution in [3.05, 3.63) is 102 Å². The molecular formula is C32H31F4N5O3. The largest absolute Gasteiger partial charge is 0.476 e. The number of allylic oxidation sites excluding steroid dienone is 1. The number of amides is 1. The Morgan fingerprint density at radius 2 is 1.82 bits per heavy atom. The van der Waals surface area contributed by atoms with Crippen molar-refractivity contribution in [3.8, 4) is 5.88 Å². The van der Waals surface area contributed by atoms with Crippen LogP contribution in [0.15, 0.2) is 79.0 Å². The third-order valence-electron chi connectivity index (χ3n) is 7.01. The molecule has 12 heteroatoms. The van der Waals surface area contributed by atoms with Gasteiger partial charge in [-0.3, -0.25) is 9.89 Å². The zero-order valence-corrected chi connectivity index (χ0v) is 23.7. The van der Waals surface area contributed by atoms with E-state index in [-0.39, 0.29) is 29.0 Å². The fraction of sp³-hybridized carbons (Fsp3) is 0.281. The molecule has 0 radical (unpaired) electrons. The standard InChI is InChI=1S/C32H31F4N5O3/c33-31-25-19-23(8-10-27(25)39-40-31)30(26(20-32(34,35)36)22-5-2-1-3-6-22)24-9-11-28(38-21-24)44-16-13-37-12-4-7-29(42)41-14-17-43-18-15-41/h1-11,19,21,37H,12-18,20H2,(H,39,40)/b7-4?,30-26-. The molecule has 1 fully saturated rings. The first-order valence-electron chi connectivity index (χ1n) is 14.1. The van der Waals surface area contributed by atoms with Gasteiger partial charge in [0, 0.05) is 50.1 Å². The van der Waals surface area contributed by atoms with Gasteiger partial charge in [-0.05, 0) is 40.5 Å². The maximum Gasteiger partial charge on any atom is 0.393 e. The number of halogens is 4. The summed E-state index contributed by atoms with van der Waals surface area (Å²) >= 11 is 0. The van der Waals surface area contributed by atoms with Gasteiger partial charge in [-0.2, -0.15) is 17.6 Å². The van der Waals surface area contributed by atoms with Gasteiger partial charge < -0.3 is 19.7 Å². The topological polar surface area (TPSA) is 92.4 Å². The van der Waals surface area contributed by atoms with E-state index >= 15 is 0 Å². The van der Waals surface area contributed by atoms with E-state index in [1.807, 2.05) is 0 Å². The van der Waals surface area contributed by atoms with Crippen LogP contribution in [0.1, 0.15) is 23.1 Å². The number of nitrogens with zero attached hydrogens (tertiary/aromatic N) is 3. The van der Waals surface area contributed by atoms with Crippen LogP contribution in [-0.2, 0) is 9.53 Å². The monoisotopic (exact) mass is 609 g/mol. The highest BCUT2D eigenvalue weighted by atomic mass is 19.4. The molecule has 44 heavy (non-hydrogen) atoms. The zero-order chi connectivity index (χ0) is 30.9. The summed E-state index contributed by atoms with van der Waals surface area (Å²) in [5.74, 6) is -0.501. The number of ether oxygens (including phenoxy) is 2. The number of nitrogens with one attached hydrogen (secondary N) is 2. The van der Waals surface area contributed by atoms with Crippen molar-refractivity contribution in [1.82, 2.24) is 25.4 Å². The number of aromatic nitrogens is 3. The summed E-state index contributed by atoms with van der Waals surface area (Å²) in [4.78, 5) is 18.2. The second kappa shape index (κ2) is 14.3. The van der Waals surface area contributed by atoms with Crippen LogP contribution >= 0.6 is 0 Å². The quantitative estimate of drug-likeness (QED) is 0.103. The third-order valence-corrected chi connectivity index (χ3v) is 7.01. The minimum Gasteiger partial charge on any atom is -0.476 e. The smallest absolute Gasteiger partial charge is 0.393 e. The maximum atomic E-state index is 14.4. The van der Waals surface area contributed by atoms with Gasteiger partial charge in [0.1, 0.15) is 6.61 Å². The molecule has 0 spiro atoms. The fourth-order valence-corrected chi connectivity index (χ4v) is 4.90. The van der Waals surface area contributed by atoms with E-state index in [2.05, 4.69) is 20.5 Å². The van der Waals surface area contributed by atoms with E-state index in [9.17, 15) is 22.4 Å². The number of alkyl halides is 3. The van der Waals surface area contributed by atoms with Crippen LogP contribution in [0, 0.1) is 5.95 Å². The third kappa shape index (κ3) is 8.08. The van der Waals surface area contributed by atoms with E-state index in [0.29, 0.717) is 67.5 Å². The molecule has 1 aliphatic heterocycles. The van der Waals surface area contributed by atoms with E-state index in [4.69, 9.17) is 9.47 Å². The number of rotatable bonds is 11. The highest BCUT2D eigenvalue weighted by molar-refractivity contribution is 6.00. The summed E-state index contributed by atoms with van der Waals surface area (Å²) in [5, 5.41) is 9.47. The Morgan fingerprint density at radius 3 is 2.55 bits per heavy atom. The number of hydrogen-bond acceptors (Lipinski definition) is 6. The Balaban J connectivity index is 1.31. The van der Waals surface area contributed by atoms with Crippen molar-refractivity contribution in [1.29, 1.82) is 0 Å². The van der Waals surface area contributed by atoms with E-state index < -0.39 is 18.5 Å². The van der Waals surface area contributed by atoms with Crippen molar-refractivity contribution in [2.24, 2.45) is 0 Å². The lowest BCUT2D eigenvalue weighted by molar-refractivity contribution is -0.130. The molecule has 8 nitrogen and oxygen atoms in total. The molecule has 5 rings (SSSR count). The molecule has 0 unspecified atom stereocenters. The van der Waals surface area contributed by atoms with E-state index in [1.165, 1.54) is 18.3 Å². The molecule has 0 saturated carbocycles. The first-order chi connectivity index (χ1) is 21.3. The molecule has 2 N–H and O–H groups in total. The van der Waals surface area contributed by atoms with Gasteiger partial charge >= 0.3 is 6.18 Å². The van der Waals surface area contributed by atoms with E-state index in [1.54, 1.807) is 65.6 Å². The minimum atomic E-state index is -4.50. The van der Waals surface area contributed by atoms with Gasteiger partial charge in [-0.15, -0.1) is 5.10 Å². The van der Waals surface area contributed by atoms with Crippen molar-refractivity contribution < 1.29 is 31.8 Å². The predicted molar refractivity (Wildman–Crippen MR) is 158 cm³/mol. The molecule has 4 aromatic rings. The Kier molecular flexibility index (Phi) is 10.0. The van der Waals surface area contributed by atoms with Crippen molar-refractivity contribution in [3.63, 3.8) is 0 Å². The number of H-pyrrole nitrogens is 1. The average Bonchev–Trinajstić information content (AvgIpc) is 3.41. The number of morpholine rings is 1. The number of hydrogen-bond donors (Lipinski definition) is 2. The van der Waals surface area contributed by atoms with Crippen molar-refractivity contribution in [2.75, 3.05) is 46.0 Å². The van der Waals surface area contributed by atoms with Crippen LogP contribution in [0.4, 0.5) is 17.6 Å². The summed E-state index contributed by atoms with van der Waals surface area (Å²) in [6.07, 6.45) is -0.972. The lowest BCUT2D eigenvalue weighted by atomic mass is 9.88. The van der Waals surface area contributed by atoms with Gasteiger partial charge in [-0.25, -0.2) is 4.98 Å². The molecule has 0 aliphatic carbocycles. The second-order valence-corrected chi connectivity index (χ2v) is 10.1. The van der Waals surface area contributed by atoms with Crippen LogP contribution in [0.2, 0.25) is 0 Å². The normalized spacial score (nSPS) is 14.7. The number of carbonyl (C=O) groups is 1. The lowest BCUT2D eigenvalue weighted by Gasteiger charge is -2.25. The minimum absolute atomic E-state index is 0.0289. The van der Waals surface area contributed by atoms with Crippen LogP contribution in [-0.4, -0.2) is 78.2 Å². The first-order valence-corrected chi connectivity index (χ1v) is 14.1. The molecule has 2 aromatic carbocycles. The number of benzene rings is 2. The SMILES string of the molecule is O=C(C=CCNCCOc1ccc(/C(=C(/CC(F)(F)F)c2ccccc2)c2ccc3[nH]nc(F)c3c2)cn1)N1CCOCC1. The molecule has 3 heterocycles. The first kappa shape index (κ1) is 30.9. The number of carbonyl (C=O) groups excluding carboxylic acids is 1. The highest BCUT2D eigenvalue weighted by Gasteiger charge is 2.32. The van der Waals surface area contributed by atoms with Gasteiger partial charge in [0.05, 0.1) is 30.5 Å². The van der Waals surface area contributed by atoms with Crippen LogP contribution < -0.4 is 10.1 Å². The van der Waals surface area contributed by atoms with E-state index in [0.717, 1.165) is 0 Å². The van der Waals surface area contributed by atoms with Crippen LogP contribution in [0.25, 0.3) is 22.0 Å². The molecule has 1 aliphatic rings. The van der Waals surface area contributed by atoms with Gasteiger partial charge in [-0.1, -0.05) is 42.5 Å². The Hall–Kier alpha value is -4.55. The summed E-state index contributed by atoms with van der Waals surface area (Å²) in [5.41, 5.74) is 1.92. The van der Waals surface area contributed by atoms with Crippen molar-refractivity contribution >= 4 is 28.0 Å². The van der Waals surface area contributed by atoms with Gasteiger partial charge in [0.2, 0.25) is 17.7 Å². The Bertz CT molecular complexity index is 1610. The number of aromatic amines is 1. The zero-order valence-electron chi connectivity index (χ0n) is 23.7. The molecule has 2 aromatic heterocycles. The summed E-state index contributed by atoms with van der Waals surface area (Å²) in [6, 6.07) is 16.2. The maximum absolute atomic E-state index is 14.4.